The summed E-state index contributed by atoms with van der Waals surface area (Å²) in [6, 6.07) is -0.386. The number of carbonyl (C=O) groups excluding carboxylic acids is 2. The molecule has 1 fully saturated rings. The quantitative estimate of drug-likeness (QED) is 0.799. The Hall–Kier alpha value is -1.10. The van der Waals surface area contributed by atoms with Crippen LogP contribution in [0.5, 0.6) is 0 Å². The molecule has 0 aromatic heterocycles. The lowest BCUT2D eigenvalue weighted by Crippen LogP contribution is -2.45. The van der Waals surface area contributed by atoms with Crippen molar-refractivity contribution in [1.29, 1.82) is 0 Å². The van der Waals surface area contributed by atoms with E-state index in [0.717, 1.165) is 25.8 Å². The molecule has 0 aliphatic carbocycles. The van der Waals surface area contributed by atoms with Crippen molar-refractivity contribution in [1.82, 2.24) is 9.80 Å². The zero-order valence-electron chi connectivity index (χ0n) is 11.5. The van der Waals surface area contributed by atoms with Gasteiger partial charge in [-0.3, -0.25) is 9.59 Å². The zero-order valence-corrected chi connectivity index (χ0v) is 11.5. The number of amides is 2. The van der Waals surface area contributed by atoms with Crippen LogP contribution in [0.15, 0.2) is 0 Å². The summed E-state index contributed by atoms with van der Waals surface area (Å²) >= 11 is 0. The summed E-state index contributed by atoms with van der Waals surface area (Å²) in [5.41, 5.74) is 5.86. The molecule has 1 rings (SSSR count). The van der Waals surface area contributed by atoms with E-state index in [-0.39, 0.29) is 17.9 Å². The molecule has 5 heteroatoms. The van der Waals surface area contributed by atoms with Crippen molar-refractivity contribution in [3.63, 3.8) is 0 Å². The van der Waals surface area contributed by atoms with Gasteiger partial charge in [-0.25, -0.2) is 0 Å². The minimum absolute atomic E-state index is 0.0302. The topological polar surface area (TPSA) is 66.6 Å². The first-order valence-corrected chi connectivity index (χ1v) is 6.92. The Morgan fingerprint density at radius 2 is 1.72 bits per heavy atom. The van der Waals surface area contributed by atoms with E-state index in [1.807, 2.05) is 23.6 Å². The molecule has 0 aromatic rings. The van der Waals surface area contributed by atoms with Crippen molar-refractivity contribution in [2.45, 2.75) is 45.6 Å². The van der Waals surface area contributed by atoms with Crippen LogP contribution in [0.4, 0.5) is 0 Å². The van der Waals surface area contributed by atoms with Crippen molar-refractivity contribution in [3.05, 3.63) is 0 Å². The lowest BCUT2D eigenvalue weighted by Gasteiger charge is -2.24. The Kier molecular flexibility index (Phi) is 6.12. The molecular weight excluding hydrogens is 230 g/mol. The highest BCUT2D eigenvalue weighted by molar-refractivity contribution is 5.82. The third kappa shape index (κ3) is 3.98. The lowest BCUT2D eigenvalue weighted by atomic mass is 10.1. The molecule has 104 valence electrons. The van der Waals surface area contributed by atoms with Gasteiger partial charge in [0.1, 0.15) is 0 Å². The number of hydrogen-bond donors (Lipinski definition) is 1. The maximum Gasteiger partial charge on any atom is 0.239 e. The Labute approximate surface area is 109 Å². The average Bonchev–Trinajstić information content (AvgIpc) is 2.63. The Morgan fingerprint density at radius 1 is 1.11 bits per heavy atom. The van der Waals surface area contributed by atoms with Crippen LogP contribution >= 0.6 is 0 Å². The molecule has 0 saturated carbocycles. The molecule has 0 aromatic carbocycles. The molecule has 5 nitrogen and oxygen atoms in total. The Bertz CT molecular complexity index is 294. The maximum absolute atomic E-state index is 12.1. The Morgan fingerprint density at radius 3 is 2.33 bits per heavy atom. The van der Waals surface area contributed by atoms with E-state index < -0.39 is 0 Å². The largest absolute Gasteiger partial charge is 0.341 e. The highest BCUT2D eigenvalue weighted by Crippen LogP contribution is 2.07. The van der Waals surface area contributed by atoms with Gasteiger partial charge in [0.15, 0.2) is 0 Å². The molecule has 0 unspecified atom stereocenters. The molecular formula is C13H25N3O2. The monoisotopic (exact) mass is 255 g/mol. The highest BCUT2D eigenvalue weighted by atomic mass is 16.2. The first-order chi connectivity index (χ1) is 8.60. The summed E-state index contributed by atoms with van der Waals surface area (Å²) in [7, 11) is 0. The lowest BCUT2D eigenvalue weighted by molar-refractivity contribution is -0.134. The molecule has 1 aliphatic rings. The molecule has 18 heavy (non-hydrogen) atoms. The second-order valence-electron chi connectivity index (χ2n) is 4.81. The summed E-state index contributed by atoms with van der Waals surface area (Å²) in [5.74, 6) is 0.199. The first kappa shape index (κ1) is 15.0. The number of hydrogen-bond acceptors (Lipinski definition) is 3. The van der Waals surface area contributed by atoms with Crippen LogP contribution in [0.3, 0.4) is 0 Å². The van der Waals surface area contributed by atoms with Crippen molar-refractivity contribution in [2.75, 3.05) is 26.2 Å². The molecule has 0 bridgehead atoms. The molecule has 0 spiro atoms. The van der Waals surface area contributed by atoms with Crippen LogP contribution in [0, 0.1) is 0 Å². The molecule has 1 atom stereocenters. The van der Waals surface area contributed by atoms with E-state index in [4.69, 9.17) is 5.73 Å². The predicted molar refractivity (Wildman–Crippen MR) is 71.0 cm³/mol. The van der Waals surface area contributed by atoms with Crippen molar-refractivity contribution >= 4 is 11.8 Å². The standard InChI is InChI=1S/C13H25N3O2/c1-3-6-11(14)13(18)16-8-5-7-15(9-10-16)12(17)4-2/h11H,3-10,14H2,1-2H3/t11-/m0/s1. The van der Waals surface area contributed by atoms with Gasteiger partial charge in [0.05, 0.1) is 6.04 Å². The van der Waals surface area contributed by atoms with Gasteiger partial charge in [0.2, 0.25) is 11.8 Å². The SMILES string of the molecule is CCC[C@H](N)C(=O)N1CCCN(C(=O)CC)CC1. The van der Waals surface area contributed by atoms with E-state index in [1.54, 1.807) is 0 Å². The van der Waals surface area contributed by atoms with Crippen LogP contribution in [-0.2, 0) is 9.59 Å². The fourth-order valence-electron chi connectivity index (χ4n) is 2.28. The van der Waals surface area contributed by atoms with Gasteiger partial charge in [-0.2, -0.15) is 0 Å². The molecule has 1 heterocycles. The molecule has 1 saturated heterocycles. The summed E-state index contributed by atoms with van der Waals surface area (Å²) in [6.07, 6.45) is 3.02. The van der Waals surface area contributed by atoms with Gasteiger partial charge in [0, 0.05) is 32.6 Å². The van der Waals surface area contributed by atoms with Gasteiger partial charge in [0.25, 0.3) is 0 Å². The fraction of sp³-hybridized carbons (Fsp3) is 0.846. The molecule has 2 amide bonds. The van der Waals surface area contributed by atoms with Crippen LogP contribution in [0.1, 0.15) is 39.5 Å². The highest BCUT2D eigenvalue weighted by Gasteiger charge is 2.24. The predicted octanol–water partition coefficient (Wildman–Crippen LogP) is 0.585. The smallest absolute Gasteiger partial charge is 0.239 e. The van der Waals surface area contributed by atoms with E-state index >= 15 is 0 Å². The zero-order chi connectivity index (χ0) is 13.5. The molecule has 1 aliphatic heterocycles. The second-order valence-corrected chi connectivity index (χ2v) is 4.81. The van der Waals surface area contributed by atoms with Crippen LogP contribution < -0.4 is 5.73 Å². The summed E-state index contributed by atoms with van der Waals surface area (Å²) in [4.78, 5) is 27.4. The van der Waals surface area contributed by atoms with E-state index in [1.165, 1.54) is 0 Å². The van der Waals surface area contributed by atoms with Crippen LogP contribution in [0.25, 0.3) is 0 Å². The first-order valence-electron chi connectivity index (χ1n) is 6.92. The van der Waals surface area contributed by atoms with Gasteiger partial charge < -0.3 is 15.5 Å². The van der Waals surface area contributed by atoms with Gasteiger partial charge in [-0.05, 0) is 12.8 Å². The van der Waals surface area contributed by atoms with E-state index in [0.29, 0.717) is 26.1 Å². The van der Waals surface area contributed by atoms with E-state index in [2.05, 4.69) is 0 Å². The number of rotatable bonds is 4. The fourth-order valence-corrected chi connectivity index (χ4v) is 2.28. The van der Waals surface area contributed by atoms with Crippen molar-refractivity contribution < 1.29 is 9.59 Å². The second kappa shape index (κ2) is 7.36. The van der Waals surface area contributed by atoms with Gasteiger partial charge in [-0.1, -0.05) is 20.3 Å². The van der Waals surface area contributed by atoms with Crippen molar-refractivity contribution in [2.24, 2.45) is 5.73 Å². The van der Waals surface area contributed by atoms with Gasteiger partial charge in [-0.15, -0.1) is 0 Å². The number of nitrogens with two attached hydrogens (primary N) is 1. The minimum Gasteiger partial charge on any atom is -0.341 e. The average molecular weight is 255 g/mol. The summed E-state index contributed by atoms with van der Waals surface area (Å²) in [6.45, 7) is 6.60. The number of nitrogens with zero attached hydrogens (tertiary/aromatic N) is 2. The van der Waals surface area contributed by atoms with Crippen LogP contribution in [-0.4, -0.2) is 53.8 Å². The number of carbonyl (C=O) groups is 2. The third-order valence-corrected chi connectivity index (χ3v) is 3.38. The minimum atomic E-state index is -0.386. The summed E-state index contributed by atoms with van der Waals surface area (Å²) < 4.78 is 0. The van der Waals surface area contributed by atoms with Gasteiger partial charge >= 0.3 is 0 Å². The molecule has 2 N–H and O–H groups in total. The normalized spacial score (nSPS) is 18.4. The third-order valence-electron chi connectivity index (χ3n) is 3.38. The van der Waals surface area contributed by atoms with Crippen molar-refractivity contribution in [3.8, 4) is 0 Å². The summed E-state index contributed by atoms with van der Waals surface area (Å²) in [5, 5.41) is 0. The van der Waals surface area contributed by atoms with E-state index in [9.17, 15) is 9.59 Å². The Balaban J connectivity index is 2.51. The van der Waals surface area contributed by atoms with Crippen LogP contribution in [0.2, 0.25) is 0 Å². The molecule has 0 radical (unpaired) electrons. The maximum atomic E-state index is 12.1.